The first-order valence-electron chi connectivity index (χ1n) is 9.89. The summed E-state index contributed by atoms with van der Waals surface area (Å²) >= 11 is 0. The Hall–Kier alpha value is -3.79. The van der Waals surface area contributed by atoms with Crippen molar-refractivity contribution < 1.29 is 13.2 Å². The summed E-state index contributed by atoms with van der Waals surface area (Å²) in [7, 11) is -3.83. The number of hydrogen-bond donors (Lipinski definition) is 2. The highest BCUT2D eigenvalue weighted by Crippen LogP contribution is 2.20. The van der Waals surface area contributed by atoms with E-state index in [2.05, 4.69) is 25.0 Å². The lowest BCUT2D eigenvalue weighted by Gasteiger charge is -2.10. The van der Waals surface area contributed by atoms with Crippen molar-refractivity contribution in [1.29, 1.82) is 0 Å². The fourth-order valence-corrected chi connectivity index (χ4v) is 4.37. The number of fused-ring (bicyclic) bond motifs is 1. The molecule has 0 fully saturated rings. The smallest absolute Gasteiger partial charge is 0.264 e. The Bertz CT molecular complexity index is 1390. The van der Waals surface area contributed by atoms with Gasteiger partial charge in [-0.2, -0.15) is 0 Å². The zero-order chi connectivity index (χ0) is 22.9. The molecule has 0 atom stereocenters. The topological polar surface area (TPSA) is 119 Å². The van der Waals surface area contributed by atoms with Gasteiger partial charge in [0.15, 0.2) is 0 Å². The predicted octanol–water partition coefficient (Wildman–Crippen LogP) is 3.52. The molecule has 2 N–H and O–H groups in total. The summed E-state index contributed by atoms with van der Waals surface area (Å²) < 4.78 is 29.3. The number of hydrogen-bond acceptors (Lipinski definition) is 7. The lowest BCUT2D eigenvalue weighted by atomic mass is 10.3. The molecule has 0 saturated carbocycles. The van der Waals surface area contributed by atoms with Crippen molar-refractivity contribution in [2.24, 2.45) is 0 Å². The van der Waals surface area contributed by atoms with Crippen LogP contribution in [0.25, 0.3) is 11.0 Å². The number of benzene rings is 2. The van der Waals surface area contributed by atoms with E-state index in [-0.39, 0.29) is 16.8 Å². The van der Waals surface area contributed by atoms with Crippen LogP contribution in [0.5, 0.6) is 0 Å². The molecule has 32 heavy (non-hydrogen) atoms. The monoisotopic (exact) mass is 450 g/mol. The second-order valence-corrected chi connectivity index (χ2v) is 9.01. The number of aryl methyl sites for hydroxylation is 2. The Morgan fingerprint density at radius 3 is 2.28 bits per heavy atom. The number of carbonyl (C=O) groups excluding carboxylic acids is 1. The number of aromatic nitrogens is 4. The van der Waals surface area contributed by atoms with Crippen molar-refractivity contribution in [3.05, 3.63) is 71.8 Å². The molecule has 0 aliphatic heterocycles. The molecule has 2 aromatic heterocycles. The first-order chi connectivity index (χ1) is 15.2. The molecule has 2 heterocycles. The molecule has 0 bridgehead atoms. The molecule has 164 valence electrons. The molecule has 4 aromatic rings. The van der Waals surface area contributed by atoms with Crippen LogP contribution in [0.3, 0.4) is 0 Å². The third-order valence-corrected chi connectivity index (χ3v) is 6.11. The second-order valence-electron chi connectivity index (χ2n) is 7.33. The zero-order valence-corrected chi connectivity index (χ0v) is 18.6. The number of nitrogens with zero attached hydrogens (tertiary/aromatic N) is 4. The lowest BCUT2D eigenvalue weighted by molar-refractivity contribution is 0.0938. The van der Waals surface area contributed by atoms with Gasteiger partial charge < -0.3 is 5.32 Å². The summed E-state index contributed by atoms with van der Waals surface area (Å²) in [4.78, 5) is 25.0. The van der Waals surface area contributed by atoms with Crippen LogP contribution in [-0.2, 0) is 16.6 Å². The third kappa shape index (κ3) is 4.45. The van der Waals surface area contributed by atoms with E-state index >= 15 is 0 Å². The first kappa shape index (κ1) is 21.4. The minimum Gasteiger partial charge on any atom is -0.378 e. The van der Waals surface area contributed by atoms with Gasteiger partial charge in [0, 0.05) is 24.0 Å². The van der Waals surface area contributed by atoms with E-state index in [0.29, 0.717) is 29.4 Å². The van der Waals surface area contributed by atoms with Gasteiger partial charge >= 0.3 is 0 Å². The van der Waals surface area contributed by atoms with Crippen LogP contribution in [0.4, 0.5) is 11.6 Å². The first-order valence-corrected chi connectivity index (χ1v) is 11.4. The Kier molecular flexibility index (Phi) is 5.62. The molecule has 0 aliphatic carbocycles. The highest BCUT2D eigenvalue weighted by atomic mass is 32.2. The van der Waals surface area contributed by atoms with E-state index < -0.39 is 10.0 Å². The summed E-state index contributed by atoms with van der Waals surface area (Å²) in [5.74, 6) is 0.480. The van der Waals surface area contributed by atoms with Gasteiger partial charge in [-0.3, -0.25) is 9.36 Å². The van der Waals surface area contributed by atoms with Crippen LogP contribution in [0.2, 0.25) is 0 Å². The van der Waals surface area contributed by atoms with Crippen LogP contribution in [-0.4, -0.2) is 33.8 Å². The van der Waals surface area contributed by atoms with E-state index in [1.807, 2.05) is 24.3 Å². The molecule has 0 aliphatic rings. The molecule has 4 rings (SSSR count). The molecule has 2 aromatic carbocycles. The molecular weight excluding hydrogens is 428 g/mol. The fourth-order valence-electron chi connectivity index (χ4n) is 3.43. The maximum absolute atomic E-state index is 12.7. The van der Waals surface area contributed by atoms with Gasteiger partial charge in [0.1, 0.15) is 5.82 Å². The number of nitrogens with one attached hydrogen (secondary N) is 2. The van der Waals surface area contributed by atoms with Gasteiger partial charge in [0.2, 0.25) is 11.9 Å². The normalized spacial score (nSPS) is 11.5. The summed E-state index contributed by atoms with van der Waals surface area (Å²) in [6, 6.07) is 15.5. The number of anilines is 2. The molecule has 0 unspecified atom stereocenters. The van der Waals surface area contributed by atoms with Gasteiger partial charge in [0.25, 0.3) is 10.0 Å². The van der Waals surface area contributed by atoms with E-state index in [1.54, 1.807) is 36.6 Å². The van der Waals surface area contributed by atoms with Gasteiger partial charge in [-0.05, 0) is 56.3 Å². The van der Waals surface area contributed by atoms with Gasteiger partial charge in [0.05, 0.1) is 22.5 Å². The Morgan fingerprint density at radius 1 is 0.969 bits per heavy atom. The number of sulfonamides is 1. The fraction of sp³-hybridized carbons (Fsp3) is 0.182. The Balaban J connectivity index is 1.50. The van der Waals surface area contributed by atoms with E-state index in [0.717, 1.165) is 11.0 Å². The predicted molar refractivity (Wildman–Crippen MR) is 122 cm³/mol. The average Bonchev–Trinajstić information content (AvgIpc) is 3.10. The standard InChI is InChI=1S/C22H22N6O3S/c1-14-12-15(2)25-22(24-14)27-32(30,31)18-10-8-17(9-11-18)23-13-21-26-19-6-4-5-7-20(19)28(21)16(3)29/h4-12,23H,13H2,1-3H3,(H,24,25,27). The molecule has 0 saturated heterocycles. The van der Waals surface area contributed by atoms with Crippen LogP contribution >= 0.6 is 0 Å². The summed E-state index contributed by atoms with van der Waals surface area (Å²) in [6.45, 7) is 5.33. The lowest BCUT2D eigenvalue weighted by Crippen LogP contribution is -2.16. The van der Waals surface area contributed by atoms with Crippen molar-refractivity contribution in [1.82, 2.24) is 19.5 Å². The maximum Gasteiger partial charge on any atom is 0.264 e. The minimum absolute atomic E-state index is 0.0350. The van der Waals surface area contributed by atoms with Crippen molar-refractivity contribution in [2.45, 2.75) is 32.2 Å². The van der Waals surface area contributed by atoms with E-state index in [4.69, 9.17) is 0 Å². The van der Waals surface area contributed by atoms with Gasteiger partial charge in [-0.1, -0.05) is 12.1 Å². The van der Waals surface area contributed by atoms with Crippen molar-refractivity contribution in [2.75, 3.05) is 10.0 Å². The van der Waals surface area contributed by atoms with E-state index in [9.17, 15) is 13.2 Å². The SMILES string of the molecule is CC(=O)n1c(CNc2ccc(S(=O)(=O)Nc3nc(C)cc(C)n3)cc2)nc2ccccc21. The summed E-state index contributed by atoms with van der Waals surface area (Å²) in [6.07, 6.45) is 0. The van der Waals surface area contributed by atoms with Crippen molar-refractivity contribution >= 4 is 38.6 Å². The Labute approximate surface area is 185 Å². The van der Waals surface area contributed by atoms with Gasteiger partial charge in [-0.25, -0.2) is 28.1 Å². The van der Waals surface area contributed by atoms with E-state index in [1.165, 1.54) is 19.1 Å². The van der Waals surface area contributed by atoms with Crippen LogP contribution < -0.4 is 10.0 Å². The average molecular weight is 451 g/mol. The number of para-hydroxylation sites is 2. The largest absolute Gasteiger partial charge is 0.378 e. The molecule has 0 amide bonds. The highest BCUT2D eigenvalue weighted by molar-refractivity contribution is 7.92. The second kappa shape index (κ2) is 8.39. The minimum atomic E-state index is -3.83. The van der Waals surface area contributed by atoms with Crippen LogP contribution in [0, 0.1) is 13.8 Å². The third-order valence-electron chi connectivity index (χ3n) is 4.77. The number of imidazole rings is 1. The highest BCUT2D eigenvalue weighted by Gasteiger charge is 2.17. The number of rotatable bonds is 6. The molecular formula is C22H22N6O3S. The molecule has 10 heteroatoms. The Morgan fingerprint density at radius 2 is 1.62 bits per heavy atom. The van der Waals surface area contributed by atoms with Gasteiger partial charge in [-0.15, -0.1) is 0 Å². The van der Waals surface area contributed by atoms with Crippen LogP contribution in [0.1, 0.15) is 28.9 Å². The van der Waals surface area contributed by atoms with Crippen molar-refractivity contribution in [3.63, 3.8) is 0 Å². The zero-order valence-electron chi connectivity index (χ0n) is 17.8. The maximum atomic E-state index is 12.7. The summed E-state index contributed by atoms with van der Waals surface area (Å²) in [5.41, 5.74) is 3.52. The van der Waals surface area contributed by atoms with Crippen molar-refractivity contribution in [3.8, 4) is 0 Å². The summed E-state index contributed by atoms with van der Waals surface area (Å²) in [5, 5.41) is 3.18. The van der Waals surface area contributed by atoms with Crippen LogP contribution in [0.15, 0.2) is 59.5 Å². The molecule has 0 radical (unpaired) electrons. The number of carbonyl (C=O) groups is 1. The molecule has 0 spiro atoms. The quantitative estimate of drug-likeness (QED) is 0.461. The molecule has 9 nitrogen and oxygen atoms in total.